The summed E-state index contributed by atoms with van der Waals surface area (Å²) >= 11 is 0. The second-order valence-electron chi connectivity index (χ2n) is 4.84. The highest BCUT2D eigenvalue weighted by Crippen LogP contribution is 2.25. The van der Waals surface area contributed by atoms with Crippen LogP contribution in [0.25, 0.3) is 5.69 Å². The fourth-order valence-electron chi connectivity index (χ4n) is 2.43. The second kappa shape index (κ2) is 5.50. The average molecular weight is 308 g/mol. The Labute approximate surface area is 125 Å². The van der Waals surface area contributed by atoms with Crippen molar-refractivity contribution in [2.75, 3.05) is 12.8 Å². The monoisotopic (exact) mass is 308 g/mol. The SMILES string of the molecule is CCc1c(C)nn(-c2ccc(S(=O)(=O)NC)cc2N)c1C. The van der Waals surface area contributed by atoms with Gasteiger partial charge in [-0.3, -0.25) is 0 Å². The summed E-state index contributed by atoms with van der Waals surface area (Å²) in [6.07, 6.45) is 0.893. The van der Waals surface area contributed by atoms with Gasteiger partial charge in [-0.1, -0.05) is 6.92 Å². The van der Waals surface area contributed by atoms with Crippen LogP contribution in [0.5, 0.6) is 0 Å². The van der Waals surface area contributed by atoms with E-state index in [1.165, 1.54) is 24.7 Å². The average Bonchev–Trinajstić information content (AvgIpc) is 2.73. The lowest BCUT2D eigenvalue weighted by Gasteiger charge is -2.10. The van der Waals surface area contributed by atoms with E-state index in [4.69, 9.17) is 5.73 Å². The first-order chi connectivity index (χ1) is 9.81. The maximum Gasteiger partial charge on any atom is 0.240 e. The molecule has 0 radical (unpaired) electrons. The number of hydrogen-bond acceptors (Lipinski definition) is 4. The molecule has 3 N–H and O–H groups in total. The molecule has 1 aromatic carbocycles. The molecule has 0 aliphatic heterocycles. The van der Waals surface area contributed by atoms with E-state index in [-0.39, 0.29) is 4.90 Å². The fourth-order valence-corrected chi connectivity index (χ4v) is 3.20. The standard InChI is InChI=1S/C14H20N4O2S/c1-5-12-9(2)17-18(10(12)3)14-7-6-11(8-13(14)15)21(19,20)16-4/h6-8,16H,5,15H2,1-4H3. The Balaban J connectivity index is 2.57. The third-order valence-electron chi connectivity index (χ3n) is 3.60. The first-order valence-electron chi connectivity index (χ1n) is 6.70. The van der Waals surface area contributed by atoms with Gasteiger partial charge in [-0.25, -0.2) is 17.8 Å². The van der Waals surface area contributed by atoms with Gasteiger partial charge >= 0.3 is 0 Å². The van der Waals surface area contributed by atoms with Gasteiger partial charge in [-0.2, -0.15) is 5.10 Å². The lowest BCUT2D eigenvalue weighted by molar-refractivity contribution is 0.588. The van der Waals surface area contributed by atoms with Crippen LogP contribution in [0.2, 0.25) is 0 Å². The van der Waals surface area contributed by atoms with E-state index >= 15 is 0 Å². The number of nitrogens with one attached hydrogen (secondary N) is 1. The number of rotatable bonds is 4. The molecule has 0 unspecified atom stereocenters. The number of benzene rings is 1. The molecule has 0 saturated heterocycles. The van der Waals surface area contributed by atoms with E-state index < -0.39 is 10.0 Å². The fraction of sp³-hybridized carbons (Fsp3) is 0.357. The molecule has 0 aliphatic rings. The number of anilines is 1. The normalized spacial score (nSPS) is 11.8. The summed E-state index contributed by atoms with van der Waals surface area (Å²) in [5.74, 6) is 0. The van der Waals surface area contributed by atoms with E-state index in [0.717, 1.165) is 17.8 Å². The van der Waals surface area contributed by atoms with Crippen molar-refractivity contribution in [1.29, 1.82) is 0 Å². The van der Waals surface area contributed by atoms with Crippen molar-refractivity contribution in [1.82, 2.24) is 14.5 Å². The highest BCUT2D eigenvalue weighted by molar-refractivity contribution is 7.89. The number of nitrogens with two attached hydrogens (primary N) is 1. The molecular weight excluding hydrogens is 288 g/mol. The van der Waals surface area contributed by atoms with Crippen molar-refractivity contribution in [3.8, 4) is 5.69 Å². The molecular formula is C14H20N4O2S. The maximum absolute atomic E-state index is 11.8. The summed E-state index contributed by atoms with van der Waals surface area (Å²) in [6, 6.07) is 4.65. The minimum Gasteiger partial charge on any atom is -0.397 e. The Morgan fingerprint density at radius 1 is 1.33 bits per heavy atom. The Bertz CT molecular complexity index is 779. The van der Waals surface area contributed by atoms with Crippen molar-refractivity contribution in [2.45, 2.75) is 32.1 Å². The molecule has 0 atom stereocenters. The molecule has 0 saturated carbocycles. The Kier molecular flexibility index (Phi) is 4.06. The van der Waals surface area contributed by atoms with Crippen LogP contribution in [-0.4, -0.2) is 25.2 Å². The summed E-state index contributed by atoms with van der Waals surface area (Å²) < 4.78 is 27.6. The Morgan fingerprint density at radius 3 is 2.48 bits per heavy atom. The van der Waals surface area contributed by atoms with Crippen molar-refractivity contribution in [3.63, 3.8) is 0 Å². The zero-order valence-corrected chi connectivity index (χ0v) is 13.5. The molecule has 6 nitrogen and oxygen atoms in total. The van der Waals surface area contributed by atoms with E-state index in [1.807, 2.05) is 13.8 Å². The van der Waals surface area contributed by atoms with Crippen LogP contribution in [0.15, 0.2) is 23.1 Å². The summed E-state index contributed by atoms with van der Waals surface area (Å²) in [5, 5.41) is 4.50. The van der Waals surface area contributed by atoms with Crippen LogP contribution >= 0.6 is 0 Å². The van der Waals surface area contributed by atoms with Crippen molar-refractivity contribution in [2.24, 2.45) is 0 Å². The van der Waals surface area contributed by atoms with Gasteiger partial charge in [0.1, 0.15) is 0 Å². The molecule has 114 valence electrons. The van der Waals surface area contributed by atoms with Crippen LogP contribution in [0.3, 0.4) is 0 Å². The third-order valence-corrected chi connectivity index (χ3v) is 5.01. The highest BCUT2D eigenvalue weighted by Gasteiger charge is 2.16. The van der Waals surface area contributed by atoms with Crippen LogP contribution < -0.4 is 10.5 Å². The zero-order valence-electron chi connectivity index (χ0n) is 12.6. The lowest BCUT2D eigenvalue weighted by atomic mass is 10.1. The lowest BCUT2D eigenvalue weighted by Crippen LogP contribution is -2.19. The highest BCUT2D eigenvalue weighted by atomic mass is 32.2. The Morgan fingerprint density at radius 2 is 2.00 bits per heavy atom. The van der Waals surface area contributed by atoms with E-state index in [1.54, 1.807) is 10.7 Å². The first-order valence-corrected chi connectivity index (χ1v) is 8.18. The molecule has 21 heavy (non-hydrogen) atoms. The Hall–Kier alpha value is -1.86. The van der Waals surface area contributed by atoms with Crippen molar-refractivity contribution < 1.29 is 8.42 Å². The first kappa shape index (κ1) is 15.5. The van der Waals surface area contributed by atoms with Gasteiger partial charge in [0.25, 0.3) is 0 Å². The van der Waals surface area contributed by atoms with Crippen LogP contribution in [0, 0.1) is 13.8 Å². The molecule has 2 rings (SSSR count). The third kappa shape index (κ3) is 2.66. The van der Waals surface area contributed by atoms with Crippen LogP contribution in [0.4, 0.5) is 5.69 Å². The van der Waals surface area contributed by atoms with Gasteiger partial charge in [0, 0.05) is 5.69 Å². The second-order valence-corrected chi connectivity index (χ2v) is 6.73. The quantitative estimate of drug-likeness (QED) is 0.838. The smallest absolute Gasteiger partial charge is 0.240 e. The molecule has 7 heteroatoms. The maximum atomic E-state index is 11.8. The number of hydrogen-bond donors (Lipinski definition) is 2. The predicted molar refractivity (Wildman–Crippen MR) is 83.1 cm³/mol. The summed E-state index contributed by atoms with van der Waals surface area (Å²) in [5.41, 5.74) is 10.2. The molecule has 0 amide bonds. The van der Waals surface area contributed by atoms with Crippen LogP contribution in [-0.2, 0) is 16.4 Å². The zero-order chi connectivity index (χ0) is 15.8. The molecule has 1 heterocycles. The summed E-state index contributed by atoms with van der Waals surface area (Å²) in [4.78, 5) is 0.142. The molecule has 0 fully saturated rings. The van der Waals surface area contributed by atoms with Gasteiger partial charge in [0.05, 0.1) is 22.0 Å². The minimum absolute atomic E-state index is 0.142. The number of nitrogen functional groups attached to an aromatic ring is 1. The summed E-state index contributed by atoms with van der Waals surface area (Å²) in [7, 11) is -2.13. The van der Waals surface area contributed by atoms with Gasteiger partial charge < -0.3 is 5.73 Å². The largest absolute Gasteiger partial charge is 0.397 e. The van der Waals surface area contributed by atoms with Gasteiger partial charge in [-0.05, 0) is 51.1 Å². The van der Waals surface area contributed by atoms with Crippen molar-refractivity contribution >= 4 is 15.7 Å². The number of nitrogens with zero attached hydrogens (tertiary/aromatic N) is 2. The van der Waals surface area contributed by atoms with Crippen LogP contribution in [0.1, 0.15) is 23.9 Å². The van der Waals surface area contributed by atoms with Gasteiger partial charge in [-0.15, -0.1) is 0 Å². The topological polar surface area (TPSA) is 90.0 Å². The molecule has 0 aliphatic carbocycles. The van der Waals surface area contributed by atoms with E-state index in [2.05, 4.69) is 16.7 Å². The van der Waals surface area contributed by atoms with Gasteiger partial charge in [0.2, 0.25) is 10.0 Å². The molecule has 1 aromatic heterocycles. The number of aromatic nitrogens is 2. The summed E-state index contributed by atoms with van der Waals surface area (Å²) in [6.45, 7) is 6.02. The number of sulfonamides is 1. The minimum atomic E-state index is -3.50. The molecule has 0 spiro atoms. The van der Waals surface area contributed by atoms with E-state index in [0.29, 0.717) is 11.4 Å². The molecule has 2 aromatic rings. The number of aryl methyl sites for hydroxylation is 1. The molecule has 0 bridgehead atoms. The van der Waals surface area contributed by atoms with E-state index in [9.17, 15) is 8.42 Å². The van der Waals surface area contributed by atoms with Gasteiger partial charge in [0.15, 0.2) is 0 Å². The van der Waals surface area contributed by atoms with Crippen molar-refractivity contribution in [3.05, 3.63) is 35.2 Å². The predicted octanol–water partition coefficient (Wildman–Crippen LogP) is 1.54.